The van der Waals surface area contributed by atoms with Crippen molar-refractivity contribution in [1.82, 2.24) is 25.4 Å². The van der Waals surface area contributed by atoms with E-state index in [1.165, 1.54) is 17.3 Å². The molecule has 0 radical (unpaired) electrons. The fraction of sp³-hybridized carbons (Fsp3) is 0.565. The van der Waals surface area contributed by atoms with Crippen LogP contribution >= 0.6 is 11.8 Å². The fourth-order valence-corrected chi connectivity index (χ4v) is 4.85. The van der Waals surface area contributed by atoms with Crippen molar-refractivity contribution in [1.29, 1.82) is 0 Å². The molecule has 8 heteroatoms. The van der Waals surface area contributed by atoms with Crippen LogP contribution in [0.15, 0.2) is 29.4 Å². The molecular weight excluding hydrogens is 410 g/mol. The van der Waals surface area contributed by atoms with E-state index in [1.54, 1.807) is 0 Å². The first kappa shape index (κ1) is 23.3. The number of aromatic nitrogens is 3. The minimum atomic E-state index is -0.0253. The third kappa shape index (κ3) is 6.32. The van der Waals surface area contributed by atoms with Crippen molar-refractivity contribution in [2.45, 2.75) is 77.2 Å². The molecule has 1 aliphatic rings. The molecule has 1 aliphatic carbocycles. The van der Waals surface area contributed by atoms with Crippen molar-refractivity contribution in [3.63, 3.8) is 0 Å². The predicted octanol–water partition coefficient (Wildman–Crippen LogP) is 3.57. The number of rotatable bonds is 8. The van der Waals surface area contributed by atoms with E-state index in [2.05, 4.69) is 46.8 Å². The molecule has 1 aromatic heterocycles. The molecule has 0 aliphatic heterocycles. The molecule has 2 N–H and O–H groups in total. The van der Waals surface area contributed by atoms with Gasteiger partial charge >= 0.3 is 0 Å². The Hall–Kier alpha value is -2.35. The number of nitrogens with zero attached hydrogens (tertiary/aromatic N) is 3. The average molecular weight is 444 g/mol. The maximum Gasteiger partial charge on any atom is 0.230 e. The third-order valence-electron chi connectivity index (χ3n) is 5.48. The molecular formula is C23H33N5O2S. The van der Waals surface area contributed by atoms with Crippen LogP contribution < -0.4 is 10.6 Å². The molecule has 0 bridgehead atoms. The summed E-state index contributed by atoms with van der Waals surface area (Å²) >= 11 is 1.40. The minimum absolute atomic E-state index is 0.0193. The summed E-state index contributed by atoms with van der Waals surface area (Å²) in [6.45, 7) is 8.78. The Labute approximate surface area is 188 Å². The Morgan fingerprint density at radius 1 is 1.26 bits per heavy atom. The molecule has 1 fully saturated rings. The summed E-state index contributed by atoms with van der Waals surface area (Å²) in [5, 5.41) is 15.5. The molecule has 0 saturated heterocycles. The van der Waals surface area contributed by atoms with Crippen LogP contribution in [-0.4, -0.2) is 44.4 Å². The highest BCUT2D eigenvalue weighted by Gasteiger charge is 2.28. The second-order valence-corrected chi connectivity index (χ2v) is 9.44. The molecule has 1 heterocycles. The Kier molecular flexibility index (Phi) is 8.12. The molecule has 2 aromatic rings. The topological polar surface area (TPSA) is 88.9 Å². The van der Waals surface area contributed by atoms with E-state index in [9.17, 15) is 9.59 Å². The largest absolute Gasteiger partial charge is 0.354 e. The lowest BCUT2D eigenvalue weighted by Gasteiger charge is -2.29. The highest BCUT2D eigenvalue weighted by molar-refractivity contribution is 7.99. The second-order valence-electron chi connectivity index (χ2n) is 8.50. The molecule has 1 aromatic carbocycles. The summed E-state index contributed by atoms with van der Waals surface area (Å²) < 4.78 is 2.04. The molecule has 168 valence electrons. The number of amides is 2. The first-order chi connectivity index (χ1) is 14.9. The predicted molar refractivity (Wildman–Crippen MR) is 124 cm³/mol. The summed E-state index contributed by atoms with van der Waals surface area (Å²) in [6, 6.07) is 8.37. The van der Waals surface area contributed by atoms with Crippen molar-refractivity contribution in [2.75, 3.05) is 5.75 Å². The number of hydrogen-bond acceptors (Lipinski definition) is 5. The van der Waals surface area contributed by atoms with Gasteiger partial charge in [0.1, 0.15) is 0 Å². The molecule has 2 atom stereocenters. The molecule has 1 saturated carbocycles. The summed E-state index contributed by atoms with van der Waals surface area (Å²) in [5.41, 5.74) is 2.20. The number of benzene rings is 1. The molecule has 31 heavy (non-hydrogen) atoms. The van der Waals surface area contributed by atoms with Crippen LogP contribution in [0, 0.1) is 12.8 Å². The maximum absolute atomic E-state index is 12.6. The third-order valence-corrected chi connectivity index (χ3v) is 6.45. The summed E-state index contributed by atoms with van der Waals surface area (Å²) in [5.74, 6) is 1.16. The Balaban J connectivity index is 1.56. The van der Waals surface area contributed by atoms with E-state index >= 15 is 0 Å². The van der Waals surface area contributed by atoms with E-state index in [0.717, 1.165) is 42.4 Å². The molecule has 7 nitrogen and oxygen atoms in total. The van der Waals surface area contributed by atoms with Gasteiger partial charge in [0.05, 0.1) is 5.75 Å². The first-order valence-electron chi connectivity index (χ1n) is 11.1. The summed E-state index contributed by atoms with van der Waals surface area (Å²) in [6.07, 6.45) is 3.47. The van der Waals surface area contributed by atoms with E-state index in [1.807, 2.05) is 30.5 Å². The van der Waals surface area contributed by atoms with Crippen molar-refractivity contribution >= 4 is 23.6 Å². The number of aryl methyl sites for hydroxylation is 1. The van der Waals surface area contributed by atoms with Crippen LogP contribution in [-0.2, 0) is 16.1 Å². The van der Waals surface area contributed by atoms with Gasteiger partial charge in [0.2, 0.25) is 11.8 Å². The SMILES string of the molecule is CCn1c(SCC(=O)NC2CCCC(C(=O)NC(C)C)C2)nnc1-c1cccc(C)c1. The van der Waals surface area contributed by atoms with Crippen LogP contribution in [0.25, 0.3) is 11.4 Å². The lowest BCUT2D eigenvalue weighted by atomic mass is 9.85. The van der Waals surface area contributed by atoms with E-state index in [-0.39, 0.29) is 35.6 Å². The van der Waals surface area contributed by atoms with Crippen molar-refractivity contribution < 1.29 is 9.59 Å². The van der Waals surface area contributed by atoms with E-state index < -0.39 is 0 Å². The monoisotopic (exact) mass is 443 g/mol. The zero-order valence-corrected chi connectivity index (χ0v) is 19.7. The van der Waals surface area contributed by atoms with Crippen molar-refractivity contribution in [3.8, 4) is 11.4 Å². The summed E-state index contributed by atoms with van der Waals surface area (Å²) in [7, 11) is 0. The van der Waals surface area contributed by atoms with Crippen molar-refractivity contribution in [2.24, 2.45) is 5.92 Å². The highest BCUT2D eigenvalue weighted by atomic mass is 32.2. The minimum Gasteiger partial charge on any atom is -0.354 e. The second kappa shape index (κ2) is 10.8. The van der Waals surface area contributed by atoms with Gasteiger partial charge in [0, 0.05) is 30.1 Å². The highest BCUT2D eigenvalue weighted by Crippen LogP contribution is 2.26. The van der Waals surface area contributed by atoms with Crippen LogP contribution in [0.3, 0.4) is 0 Å². The van der Waals surface area contributed by atoms with Gasteiger partial charge in [-0.15, -0.1) is 10.2 Å². The van der Waals surface area contributed by atoms with Gasteiger partial charge < -0.3 is 15.2 Å². The van der Waals surface area contributed by atoms with Gasteiger partial charge in [-0.1, -0.05) is 41.9 Å². The Bertz CT molecular complexity index is 911. The van der Waals surface area contributed by atoms with Crippen LogP contribution in [0.5, 0.6) is 0 Å². The molecule has 0 spiro atoms. The number of hydrogen-bond donors (Lipinski definition) is 2. The van der Waals surface area contributed by atoms with Crippen LogP contribution in [0.1, 0.15) is 52.0 Å². The Morgan fingerprint density at radius 3 is 2.77 bits per heavy atom. The molecule has 2 unspecified atom stereocenters. The van der Waals surface area contributed by atoms with Gasteiger partial charge in [-0.2, -0.15) is 0 Å². The van der Waals surface area contributed by atoms with Crippen LogP contribution in [0.4, 0.5) is 0 Å². The number of carbonyl (C=O) groups is 2. The van der Waals surface area contributed by atoms with Gasteiger partial charge in [-0.25, -0.2) is 0 Å². The van der Waals surface area contributed by atoms with Gasteiger partial charge in [0.25, 0.3) is 0 Å². The molecule has 3 rings (SSSR count). The molecule has 2 amide bonds. The zero-order chi connectivity index (χ0) is 22.4. The van der Waals surface area contributed by atoms with Gasteiger partial charge in [-0.05, 0) is 53.0 Å². The fourth-order valence-electron chi connectivity index (χ4n) is 4.04. The van der Waals surface area contributed by atoms with E-state index in [0.29, 0.717) is 6.42 Å². The average Bonchev–Trinajstić information content (AvgIpc) is 3.15. The quantitative estimate of drug-likeness (QED) is 0.609. The smallest absolute Gasteiger partial charge is 0.230 e. The first-order valence-corrected chi connectivity index (χ1v) is 12.1. The van der Waals surface area contributed by atoms with E-state index in [4.69, 9.17) is 0 Å². The zero-order valence-electron chi connectivity index (χ0n) is 18.9. The summed E-state index contributed by atoms with van der Waals surface area (Å²) in [4.78, 5) is 24.9. The lowest BCUT2D eigenvalue weighted by Crippen LogP contribution is -2.44. The number of carbonyl (C=O) groups excluding carboxylic acids is 2. The standard InChI is InChI=1S/C23H33N5O2S/c1-5-28-21(17-9-6-8-16(4)12-17)26-27-23(28)31-14-20(29)25-19-11-7-10-18(13-19)22(30)24-15(2)3/h6,8-9,12,15,18-19H,5,7,10-11,13-14H2,1-4H3,(H,24,30)(H,25,29). The van der Waals surface area contributed by atoms with Gasteiger partial charge in [-0.3, -0.25) is 9.59 Å². The van der Waals surface area contributed by atoms with Crippen LogP contribution in [0.2, 0.25) is 0 Å². The van der Waals surface area contributed by atoms with Gasteiger partial charge in [0.15, 0.2) is 11.0 Å². The van der Waals surface area contributed by atoms with Crippen molar-refractivity contribution in [3.05, 3.63) is 29.8 Å². The number of nitrogens with one attached hydrogen (secondary N) is 2. The Morgan fingerprint density at radius 2 is 2.06 bits per heavy atom. The normalized spacial score (nSPS) is 18.7. The lowest BCUT2D eigenvalue weighted by molar-refractivity contribution is -0.127. The maximum atomic E-state index is 12.6. The number of thioether (sulfide) groups is 1.